The molecule has 0 aliphatic carbocycles. The molecule has 18 heteroatoms. The van der Waals surface area contributed by atoms with Gasteiger partial charge in [-0.1, -0.05) is 44.2 Å². The third kappa shape index (κ3) is 12.1. The molecule has 3 atom stereocenters. The number of H-pyrrole nitrogens is 1. The molecule has 0 spiro atoms. The van der Waals surface area contributed by atoms with Gasteiger partial charge in [0, 0.05) is 96.5 Å². The van der Waals surface area contributed by atoms with Gasteiger partial charge in [-0.3, -0.25) is 38.5 Å². The third-order valence-corrected chi connectivity index (χ3v) is 13.0. The van der Waals surface area contributed by atoms with E-state index in [0.29, 0.717) is 71.8 Å². The first-order chi connectivity index (χ1) is 33.6. The molecule has 5 aromatic rings. The molecule has 7 amide bonds. The van der Waals surface area contributed by atoms with Gasteiger partial charge in [0.25, 0.3) is 17.7 Å². The smallest absolute Gasteiger partial charge is 0.312 e. The van der Waals surface area contributed by atoms with Crippen molar-refractivity contribution in [2.75, 3.05) is 42.3 Å². The van der Waals surface area contributed by atoms with Gasteiger partial charge in [0.15, 0.2) is 5.78 Å². The van der Waals surface area contributed by atoms with E-state index >= 15 is 0 Å². The quantitative estimate of drug-likeness (QED) is 0.0175. The average molecular weight is 974 g/mol. The van der Waals surface area contributed by atoms with Crippen molar-refractivity contribution in [1.82, 2.24) is 25.8 Å². The van der Waals surface area contributed by atoms with Crippen LogP contribution in [0.3, 0.4) is 0 Å². The predicted molar refractivity (Wildman–Crippen MR) is 267 cm³/mol. The van der Waals surface area contributed by atoms with Crippen molar-refractivity contribution in [3.63, 3.8) is 0 Å². The van der Waals surface area contributed by atoms with Gasteiger partial charge in [-0.15, -0.1) is 11.6 Å². The normalized spacial score (nSPS) is 15.1. The summed E-state index contributed by atoms with van der Waals surface area (Å²) in [6, 6.07) is 20.4. The topological polar surface area (TPSA) is 253 Å². The maximum absolute atomic E-state index is 14.0. The molecule has 0 radical (unpaired) electrons. The fourth-order valence-electron chi connectivity index (χ4n) is 8.99. The van der Waals surface area contributed by atoms with Crippen LogP contribution in [0.4, 0.5) is 16.2 Å². The maximum atomic E-state index is 14.0. The Balaban J connectivity index is 0.929. The number of halogens is 1. The van der Waals surface area contributed by atoms with Gasteiger partial charge in [0.2, 0.25) is 11.8 Å². The number of aromatic hydroxyl groups is 1. The Labute approximate surface area is 409 Å². The van der Waals surface area contributed by atoms with Crippen LogP contribution in [0.25, 0.3) is 21.7 Å². The summed E-state index contributed by atoms with van der Waals surface area (Å²) in [5.41, 5.74) is 9.36. The molecule has 0 saturated carbocycles. The number of hydrogen-bond acceptors (Lipinski definition) is 10. The Hall–Kier alpha value is -7.37. The van der Waals surface area contributed by atoms with Crippen LogP contribution in [0.1, 0.15) is 90.3 Å². The van der Waals surface area contributed by atoms with Crippen molar-refractivity contribution in [3.8, 4) is 5.75 Å². The molecule has 0 fully saturated rings. The number of nitrogens with two attached hydrogens (primary N) is 1. The van der Waals surface area contributed by atoms with Gasteiger partial charge in [-0.25, -0.2) is 4.79 Å². The van der Waals surface area contributed by atoms with Crippen LogP contribution in [0.2, 0.25) is 0 Å². The minimum absolute atomic E-state index is 0.0257. The number of fused-ring (bicyclic) bond motifs is 4. The first kappa shape index (κ1) is 50.5. The zero-order chi connectivity index (χ0) is 50.1. The number of urea groups is 1. The Morgan fingerprint density at radius 3 is 2.27 bits per heavy atom. The number of rotatable bonds is 23. The lowest BCUT2D eigenvalue weighted by Crippen LogP contribution is -2.53. The number of aromatic amines is 1. The van der Waals surface area contributed by atoms with Crippen molar-refractivity contribution in [2.24, 2.45) is 11.7 Å². The van der Waals surface area contributed by atoms with Crippen molar-refractivity contribution in [2.45, 2.75) is 76.8 Å². The van der Waals surface area contributed by atoms with Gasteiger partial charge >= 0.3 is 6.03 Å². The summed E-state index contributed by atoms with van der Waals surface area (Å²) in [7, 11) is 0. The van der Waals surface area contributed by atoms with Gasteiger partial charge in [0.05, 0.1) is 11.7 Å². The number of Topliss-reactive ketones (excluding diaryl/α,β-unsaturated/α-hetero) is 2. The summed E-state index contributed by atoms with van der Waals surface area (Å²) >= 11 is 6.40. The van der Waals surface area contributed by atoms with E-state index < -0.39 is 29.9 Å². The summed E-state index contributed by atoms with van der Waals surface area (Å²) in [5.74, 6) is -2.09. The molecule has 7 rings (SSSR count). The summed E-state index contributed by atoms with van der Waals surface area (Å²) in [4.78, 5) is 108. The van der Waals surface area contributed by atoms with E-state index in [1.807, 2.05) is 56.3 Å². The molecule has 8 N–H and O–H groups in total. The van der Waals surface area contributed by atoms with E-state index in [2.05, 4.69) is 26.3 Å². The lowest BCUT2D eigenvalue weighted by Gasteiger charge is -2.25. The SMILES string of the molecule is CC(C)[C@H](NCCCC(=O)CCCN1C(=O)C=CC1=O)C(=O)N[C@@H](CCCNC(N)=O)C(=O)Nc1ccc(C(=O)Cc2ccc3[nH]c(C(=O)N4C[C@@H](CCl)c5c4cc(O)c4ccccc54)cc3c2)cc1. The van der Waals surface area contributed by atoms with E-state index in [-0.39, 0.29) is 85.6 Å². The van der Waals surface area contributed by atoms with Crippen molar-refractivity contribution in [3.05, 3.63) is 113 Å². The minimum atomic E-state index is -1.00. The van der Waals surface area contributed by atoms with Crippen LogP contribution in [0.15, 0.2) is 91.0 Å². The Kier molecular flexibility index (Phi) is 16.5. The van der Waals surface area contributed by atoms with E-state index in [0.717, 1.165) is 26.8 Å². The van der Waals surface area contributed by atoms with E-state index in [1.54, 1.807) is 41.3 Å². The second-order valence-electron chi connectivity index (χ2n) is 18.0. The highest BCUT2D eigenvalue weighted by Gasteiger charge is 2.36. The van der Waals surface area contributed by atoms with Gasteiger partial charge in [-0.2, -0.15) is 0 Å². The molecule has 17 nitrogen and oxygen atoms in total. The number of phenolic OH excluding ortho intramolecular Hbond substituents is 1. The molecule has 2 aliphatic heterocycles. The largest absolute Gasteiger partial charge is 0.507 e. The first-order valence-corrected chi connectivity index (χ1v) is 24.0. The Bertz CT molecular complexity index is 2840. The number of hydrogen-bond donors (Lipinski definition) is 7. The highest BCUT2D eigenvalue weighted by molar-refractivity contribution is 6.19. The van der Waals surface area contributed by atoms with Crippen LogP contribution in [-0.2, 0) is 30.4 Å². The number of imide groups is 1. The number of nitrogens with one attached hydrogen (secondary N) is 5. The minimum Gasteiger partial charge on any atom is -0.507 e. The highest BCUT2D eigenvalue weighted by atomic mass is 35.5. The van der Waals surface area contributed by atoms with Crippen LogP contribution in [0.5, 0.6) is 5.75 Å². The monoisotopic (exact) mass is 972 g/mol. The number of carbonyl (C=O) groups excluding carboxylic acids is 8. The molecule has 2 aliphatic rings. The van der Waals surface area contributed by atoms with Crippen LogP contribution in [-0.4, -0.2) is 106 Å². The summed E-state index contributed by atoms with van der Waals surface area (Å²) in [6.07, 6.45) is 4.24. The van der Waals surface area contributed by atoms with Gasteiger partial charge in [-0.05, 0) is 97.1 Å². The van der Waals surface area contributed by atoms with E-state index in [1.165, 1.54) is 12.2 Å². The number of primary amides is 1. The molecule has 0 bridgehead atoms. The summed E-state index contributed by atoms with van der Waals surface area (Å²) in [6.45, 7) is 4.76. The second kappa shape index (κ2) is 22.8. The molecule has 1 aromatic heterocycles. The van der Waals surface area contributed by atoms with Crippen LogP contribution >= 0.6 is 11.6 Å². The fourth-order valence-corrected chi connectivity index (χ4v) is 9.24. The zero-order valence-electron chi connectivity index (χ0n) is 39.0. The van der Waals surface area contributed by atoms with Crippen molar-refractivity contribution >= 4 is 91.8 Å². The van der Waals surface area contributed by atoms with Crippen LogP contribution < -0.4 is 31.9 Å². The number of anilines is 2. The molecule has 0 saturated heterocycles. The van der Waals surface area contributed by atoms with Gasteiger partial charge in [0.1, 0.15) is 23.3 Å². The molecular formula is C52H57ClN8O9. The molecule has 3 heterocycles. The number of aromatic nitrogens is 1. The number of carbonyl (C=O) groups is 8. The van der Waals surface area contributed by atoms with Gasteiger partial charge < -0.3 is 42.0 Å². The van der Waals surface area contributed by atoms with E-state index in [9.17, 15) is 43.5 Å². The Morgan fingerprint density at radius 1 is 0.857 bits per heavy atom. The summed E-state index contributed by atoms with van der Waals surface area (Å²) in [5, 5.41) is 24.5. The molecule has 0 unspecified atom stereocenters. The van der Waals surface area contributed by atoms with Crippen molar-refractivity contribution < 1.29 is 43.5 Å². The molecule has 366 valence electrons. The molecule has 70 heavy (non-hydrogen) atoms. The zero-order valence-corrected chi connectivity index (χ0v) is 39.8. The fraction of sp³-hybridized carbons (Fsp3) is 0.346. The average Bonchev–Trinajstić information content (AvgIpc) is 4.03. The number of ketones is 2. The predicted octanol–water partition coefficient (Wildman–Crippen LogP) is 5.98. The van der Waals surface area contributed by atoms with E-state index in [4.69, 9.17) is 17.3 Å². The van der Waals surface area contributed by atoms with Crippen LogP contribution in [0, 0.1) is 5.92 Å². The number of benzene rings is 4. The Morgan fingerprint density at radius 2 is 1.57 bits per heavy atom. The molecule has 4 aromatic carbocycles. The highest BCUT2D eigenvalue weighted by Crippen LogP contribution is 2.45. The lowest BCUT2D eigenvalue weighted by atomic mass is 9.95. The second-order valence-corrected chi connectivity index (χ2v) is 18.3. The third-order valence-electron chi connectivity index (χ3n) is 12.6. The molecular weight excluding hydrogens is 916 g/mol. The summed E-state index contributed by atoms with van der Waals surface area (Å²) < 4.78 is 0. The number of phenols is 1. The number of nitrogens with zero attached hydrogens (tertiary/aromatic N) is 2. The number of amides is 7. The standard InChI is InChI=1S/C52H57ClN8O9/c1-30(2)48(55-21-5-8-36(62)9-7-23-60-45(65)19-20-46(60)66)50(68)59-40(12-6-22-56-52(54)70)49(67)57-35-16-14-32(15-17-35)43(63)25-31-13-18-39-33(24-31)26-41(58-39)51(69)61-29-34(28-53)47-38-11-4-3-10-37(38)44(64)27-42(47)61/h3-4,10-11,13-20,24,26-27,30,34,40,48,55,58,64H,5-9,12,21-23,25,28-29H2,1-2H3,(H,57,67)(H,59,68)(H3,54,56,70)/t34-,40+,48+/m1/s1. The lowest BCUT2D eigenvalue weighted by molar-refractivity contribution is -0.137. The number of alkyl halides is 1. The first-order valence-electron chi connectivity index (χ1n) is 23.4. The maximum Gasteiger partial charge on any atom is 0.312 e. The van der Waals surface area contributed by atoms with Crippen molar-refractivity contribution in [1.29, 1.82) is 0 Å².